The minimum atomic E-state index is -0.0704. The highest BCUT2D eigenvalue weighted by atomic mass is 32.1. The Morgan fingerprint density at radius 1 is 0.596 bits per heavy atom. The van der Waals surface area contributed by atoms with Gasteiger partial charge in [-0.3, -0.25) is 0 Å². The van der Waals surface area contributed by atoms with Crippen molar-refractivity contribution in [2.45, 2.75) is 32.0 Å². The fourth-order valence-electron chi connectivity index (χ4n) is 8.77. The Labute approximate surface area is 338 Å². The molecule has 0 saturated carbocycles. The van der Waals surface area contributed by atoms with Gasteiger partial charge < -0.3 is 4.74 Å². The van der Waals surface area contributed by atoms with E-state index in [1.54, 1.807) is 0 Å². The number of ether oxygens (including phenoxy) is 1. The predicted octanol–water partition coefficient (Wildman–Crippen LogP) is 14.9. The van der Waals surface area contributed by atoms with Crippen molar-refractivity contribution in [2.24, 2.45) is 4.99 Å². The van der Waals surface area contributed by atoms with Crippen LogP contribution in [0.15, 0.2) is 194 Å². The summed E-state index contributed by atoms with van der Waals surface area (Å²) >= 11 is 1.89. The summed E-state index contributed by atoms with van der Waals surface area (Å²) in [5.41, 5.74) is 16.5. The average molecular weight is 752 g/mol. The molecular weight excluding hydrogens is 711 g/mol. The summed E-state index contributed by atoms with van der Waals surface area (Å²) in [5.74, 6) is -0.0704. The summed E-state index contributed by atoms with van der Waals surface area (Å²) in [7, 11) is 0. The number of benzene rings is 7. The average Bonchev–Trinajstić information content (AvgIpc) is 3.99. The van der Waals surface area contributed by atoms with Crippen molar-refractivity contribution in [1.82, 2.24) is 0 Å². The lowest BCUT2D eigenvalue weighted by molar-refractivity contribution is 0.0879. The molecule has 0 radical (unpaired) electrons. The van der Waals surface area contributed by atoms with E-state index in [1.165, 1.54) is 53.6 Å². The number of aliphatic imine (C=N–C) groups is 1. The van der Waals surface area contributed by atoms with Gasteiger partial charge in [-0.1, -0.05) is 166 Å². The third kappa shape index (κ3) is 6.11. The smallest absolute Gasteiger partial charge is 0.102 e. The molecular formula is C54H41NOS. The van der Waals surface area contributed by atoms with Gasteiger partial charge in [-0.15, -0.1) is 11.3 Å². The number of hydrogen-bond donors (Lipinski definition) is 0. The molecule has 0 saturated heterocycles. The zero-order chi connectivity index (χ0) is 38.6. The molecule has 0 amide bonds. The first kappa shape index (κ1) is 35.1. The van der Waals surface area contributed by atoms with Gasteiger partial charge in [0, 0.05) is 37.2 Å². The van der Waals surface area contributed by atoms with Crippen molar-refractivity contribution in [3.8, 4) is 33.4 Å². The van der Waals surface area contributed by atoms with Gasteiger partial charge in [0.1, 0.15) is 12.2 Å². The van der Waals surface area contributed by atoms with Crippen molar-refractivity contribution in [2.75, 3.05) is 0 Å². The standard InChI is InChI=1S/C54H41NOS/c1-33-29-39(30-49-48-31-46-47(32-52(48)57-54(33)49)51-28-27-50(46)56-51)44-25-13-11-21-40(44)34(2)35(3)53(45-26-16-15-24-43(45)38-19-9-6-10-20-38)55-36(4)41-22-12-14-23-42(41)37-17-7-5-8-18-37/h5-32,34,50-51H,3-4H2,1-2H3/t34-,50?,51?/m1/s1. The molecule has 10 rings (SSSR count). The molecule has 0 aliphatic carbocycles. The molecule has 7 aromatic carbocycles. The molecule has 57 heavy (non-hydrogen) atoms. The third-order valence-corrected chi connectivity index (χ3v) is 13.0. The molecule has 2 bridgehead atoms. The number of fused-ring (bicyclic) bond motifs is 8. The molecule has 2 unspecified atom stereocenters. The normalized spacial score (nSPS) is 16.3. The largest absolute Gasteiger partial charge is 0.357 e. The molecule has 1 aromatic heterocycles. The molecule has 0 spiro atoms. The fourth-order valence-corrected chi connectivity index (χ4v) is 9.96. The molecule has 2 aliphatic heterocycles. The third-order valence-electron chi connectivity index (χ3n) is 11.7. The molecule has 0 N–H and O–H groups in total. The van der Waals surface area contributed by atoms with E-state index in [9.17, 15) is 0 Å². The van der Waals surface area contributed by atoms with Crippen molar-refractivity contribution in [1.29, 1.82) is 0 Å². The highest BCUT2D eigenvalue weighted by Crippen LogP contribution is 2.50. The number of rotatable bonds is 9. The van der Waals surface area contributed by atoms with Gasteiger partial charge in [0.2, 0.25) is 0 Å². The molecule has 3 heterocycles. The first-order valence-corrected chi connectivity index (χ1v) is 20.4. The zero-order valence-electron chi connectivity index (χ0n) is 32.1. The maximum absolute atomic E-state index is 6.21. The summed E-state index contributed by atoms with van der Waals surface area (Å²) in [4.78, 5) is 5.47. The highest BCUT2D eigenvalue weighted by molar-refractivity contribution is 7.26. The van der Waals surface area contributed by atoms with E-state index in [0.717, 1.165) is 44.7 Å². The summed E-state index contributed by atoms with van der Waals surface area (Å²) in [6, 6.07) is 56.3. The van der Waals surface area contributed by atoms with Crippen molar-refractivity contribution < 1.29 is 4.74 Å². The lowest BCUT2D eigenvalue weighted by Gasteiger charge is -2.23. The summed E-state index contributed by atoms with van der Waals surface area (Å²) < 4.78 is 8.86. The van der Waals surface area contributed by atoms with E-state index in [-0.39, 0.29) is 18.1 Å². The van der Waals surface area contributed by atoms with Crippen LogP contribution >= 0.6 is 11.3 Å². The van der Waals surface area contributed by atoms with Gasteiger partial charge in [0.05, 0.1) is 11.4 Å². The second kappa shape index (κ2) is 14.3. The minimum Gasteiger partial charge on any atom is -0.357 e. The van der Waals surface area contributed by atoms with Crippen LogP contribution in [0.25, 0.3) is 59.3 Å². The van der Waals surface area contributed by atoms with Crippen LogP contribution in [-0.4, -0.2) is 5.71 Å². The number of aryl methyl sites for hydroxylation is 1. The van der Waals surface area contributed by atoms with Crippen molar-refractivity contribution >= 4 is 42.9 Å². The van der Waals surface area contributed by atoms with E-state index in [4.69, 9.17) is 16.3 Å². The van der Waals surface area contributed by atoms with Crippen LogP contribution in [0.1, 0.15) is 58.4 Å². The van der Waals surface area contributed by atoms with E-state index >= 15 is 0 Å². The number of nitrogens with zero attached hydrogens (tertiary/aromatic N) is 1. The maximum atomic E-state index is 6.21. The highest BCUT2D eigenvalue weighted by Gasteiger charge is 2.34. The number of thiophene rings is 1. The van der Waals surface area contributed by atoms with Crippen LogP contribution in [0.3, 0.4) is 0 Å². The van der Waals surface area contributed by atoms with Crippen LogP contribution < -0.4 is 0 Å². The Kier molecular flexibility index (Phi) is 8.78. The van der Waals surface area contributed by atoms with Crippen LogP contribution in [0.5, 0.6) is 0 Å². The molecule has 274 valence electrons. The van der Waals surface area contributed by atoms with Crippen LogP contribution in [0.4, 0.5) is 0 Å². The molecule has 2 nitrogen and oxygen atoms in total. The Bertz CT molecular complexity index is 2950. The minimum absolute atomic E-state index is 0.0620. The number of allylic oxidation sites excluding steroid dienone is 1. The van der Waals surface area contributed by atoms with Gasteiger partial charge in [-0.2, -0.15) is 0 Å². The van der Waals surface area contributed by atoms with Crippen LogP contribution in [0.2, 0.25) is 0 Å². The predicted molar refractivity (Wildman–Crippen MR) is 242 cm³/mol. The summed E-state index contributed by atoms with van der Waals surface area (Å²) in [6.45, 7) is 14.0. The SMILES string of the molecule is C=C(N=C(C(=C)[C@@H](C)c1ccccc1-c1cc(C)c2sc3cc4c(cc3c2c1)C1C=CC4O1)c1ccccc1-c1ccccc1)c1ccccc1-c1ccccc1. The molecule has 3 atom stereocenters. The van der Waals surface area contributed by atoms with Gasteiger partial charge in [-0.25, -0.2) is 4.99 Å². The van der Waals surface area contributed by atoms with E-state index in [2.05, 4.69) is 184 Å². The van der Waals surface area contributed by atoms with Crippen LogP contribution in [0, 0.1) is 6.92 Å². The Balaban J connectivity index is 1.09. The summed E-state index contributed by atoms with van der Waals surface area (Å²) in [6.07, 6.45) is 4.53. The van der Waals surface area contributed by atoms with E-state index in [0.29, 0.717) is 5.70 Å². The van der Waals surface area contributed by atoms with Crippen LogP contribution in [-0.2, 0) is 4.74 Å². The zero-order valence-corrected chi connectivity index (χ0v) is 32.9. The first-order chi connectivity index (χ1) is 27.9. The second-order valence-corrected chi connectivity index (χ2v) is 16.2. The molecule has 2 aliphatic rings. The Morgan fingerprint density at radius 2 is 1.16 bits per heavy atom. The fraction of sp³-hybridized carbons (Fsp3) is 0.0926. The van der Waals surface area contributed by atoms with Crippen molar-refractivity contribution in [3.05, 3.63) is 222 Å². The van der Waals surface area contributed by atoms with Gasteiger partial charge >= 0.3 is 0 Å². The monoisotopic (exact) mass is 751 g/mol. The molecule has 8 aromatic rings. The quantitative estimate of drug-likeness (QED) is 0.106. The number of hydrogen-bond acceptors (Lipinski definition) is 3. The Morgan fingerprint density at radius 3 is 1.84 bits per heavy atom. The van der Waals surface area contributed by atoms with Gasteiger partial charge in [0.25, 0.3) is 0 Å². The summed E-state index contributed by atoms with van der Waals surface area (Å²) in [5, 5.41) is 2.60. The van der Waals surface area contributed by atoms with Crippen molar-refractivity contribution in [3.63, 3.8) is 0 Å². The maximum Gasteiger partial charge on any atom is 0.102 e. The second-order valence-electron chi connectivity index (χ2n) is 15.2. The Hall–Kier alpha value is -6.39. The van der Waals surface area contributed by atoms with E-state index in [1.807, 2.05) is 17.4 Å². The lowest BCUT2D eigenvalue weighted by Crippen LogP contribution is -2.13. The lowest BCUT2D eigenvalue weighted by atomic mass is 9.82. The van der Waals surface area contributed by atoms with Gasteiger partial charge in [0.15, 0.2) is 0 Å². The molecule has 0 fully saturated rings. The molecule has 3 heteroatoms. The van der Waals surface area contributed by atoms with Gasteiger partial charge in [-0.05, 0) is 92.4 Å². The van der Waals surface area contributed by atoms with E-state index < -0.39 is 0 Å². The topological polar surface area (TPSA) is 21.6 Å². The first-order valence-electron chi connectivity index (χ1n) is 19.6.